The lowest BCUT2D eigenvalue weighted by atomic mass is 10.1. The molecule has 0 aliphatic rings. The summed E-state index contributed by atoms with van der Waals surface area (Å²) < 4.78 is 6.69. The molecule has 0 aliphatic heterocycles. The van der Waals surface area contributed by atoms with Crippen LogP contribution in [0.2, 0.25) is 5.02 Å². The van der Waals surface area contributed by atoms with Crippen molar-refractivity contribution in [1.82, 2.24) is 5.32 Å². The smallest absolute Gasteiger partial charge is 0.345 e. The average molecular weight is 569 g/mol. The third-order valence-electron chi connectivity index (χ3n) is 4.16. The minimum absolute atomic E-state index is 0.0476. The Morgan fingerprint density at radius 2 is 1.68 bits per heavy atom. The number of ether oxygens (including phenoxy) is 1. The minimum atomic E-state index is -0.667. The van der Waals surface area contributed by atoms with Crippen LogP contribution in [-0.4, -0.2) is 16.8 Å². The highest BCUT2D eigenvalue weighted by Gasteiger charge is 2.21. The normalized spacial score (nSPS) is 10.4. The number of para-hydroxylation sites is 1. The lowest BCUT2D eigenvalue weighted by Crippen LogP contribution is -2.24. The Morgan fingerprint density at radius 3 is 2.35 bits per heavy atom. The number of carbonyl (C=O) groups excluding carboxylic acids is 2. The third kappa shape index (κ3) is 5.49. The van der Waals surface area contributed by atoms with Crippen molar-refractivity contribution < 1.29 is 19.2 Å². The lowest BCUT2D eigenvalue weighted by molar-refractivity contribution is -0.385. The molecule has 0 saturated heterocycles. The summed E-state index contributed by atoms with van der Waals surface area (Å²) >= 11 is 12.8. The number of halogens is 3. The van der Waals surface area contributed by atoms with Gasteiger partial charge in [-0.1, -0.05) is 51.8 Å². The number of nitro groups is 1. The number of esters is 1. The molecule has 1 N–H and O–H groups in total. The van der Waals surface area contributed by atoms with Crippen LogP contribution in [0.25, 0.3) is 0 Å². The zero-order valence-electron chi connectivity index (χ0n) is 15.6. The average Bonchev–Trinajstić information content (AvgIpc) is 2.74. The number of nitrogens with zero attached hydrogens (tertiary/aromatic N) is 1. The van der Waals surface area contributed by atoms with Crippen molar-refractivity contribution in [3.63, 3.8) is 0 Å². The summed E-state index contributed by atoms with van der Waals surface area (Å²) in [6, 6.07) is 15.4. The van der Waals surface area contributed by atoms with E-state index in [1.54, 1.807) is 30.3 Å². The van der Waals surface area contributed by atoms with Gasteiger partial charge in [-0.05, 0) is 46.3 Å². The largest absolute Gasteiger partial charge is 0.421 e. The van der Waals surface area contributed by atoms with Gasteiger partial charge in [-0.25, -0.2) is 4.79 Å². The number of hydrogen-bond acceptors (Lipinski definition) is 5. The van der Waals surface area contributed by atoms with E-state index in [9.17, 15) is 19.7 Å². The van der Waals surface area contributed by atoms with Gasteiger partial charge < -0.3 is 10.1 Å². The van der Waals surface area contributed by atoms with Crippen LogP contribution in [0.15, 0.2) is 69.6 Å². The molecule has 31 heavy (non-hydrogen) atoms. The van der Waals surface area contributed by atoms with E-state index in [-0.39, 0.29) is 34.1 Å². The van der Waals surface area contributed by atoms with E-state index in [1.807, 2.05) is 0 Å². The SMILES string of the molecule is O=C(Oc1c(Br)cc(Br)cc1CNC(=O)c1ccccc1[N+](=O)[O-])c1ccccc1Cl. The molecule has 0 aromatic heterocycles. The molecule has 0 fully saturated rings. The summed E-state index contributed by atoms with van der Waals surface area (Å²) in [5, 5.41) is 14.0. The molecule has 1 amide bonds. The molecule has 0 heterocycles. The van der Waals surface area contributed by atoms with E-state index in [0.29, 0.717) is 14.5 Å². The number of nitrogens with one attached hydrogen (secondary N) is 1. The molecule has 0 saturated carbocycles. The quantitative estimate of drug-likeness (QED) is 0.172. The van der Waals surface area contributed by atoms with Crippen LogP contribution in [0.1, 0.15) is 26.3 Å². The van der Waals surface area contributed by atoms with Crippen molar-refractivity contribution in [2.45, 2.75) is 6.54 Å². The fourth-order valence-electron chi connectivity index (χ4n) is 2.73. The first kappa shape index (κ1) is 22.9. The van der Waals surface area contributed by atoms with E-state index in [1.165, 1.54) is 30.3 Å². The van der Waals surface area contributed by atoms with Crippen molar-refractivity contribution >= 4 is 61.0 Å². The molecule has 0 atom stereocenters. The summed E-state index contributed by atoms with van der Waals surface area (Å²) in [6.07, 6.45) is 0. The van der Waals surface area contributed by atoms with Crippen LogP contribution >= 0.6 is 43.5 Å². The second-order valence-electron chi connectivity index (χ2n) is 6.20. The van der Waals surface area contributed by atoms with Gasteiger partial charge in [0.05, 0.1) is 20.0 Å². The highest BCUT2D eigenvalue weighted by molar-refractivity contribution is 9.11. The van der Waals surface area contributed by atoms with Crippen LogP contribution in [-0.2, 0) is 6.54 Å². The number of carbonyl (C=O) groups is 2. The number of amides is 1. The van der Waals surface area contributed by atoms with E-state index in [0.717, 1.165) is 0 Å². The molecule has 7 nitrogen and oxygen atoms in total. The molecule has 10 heteroatoms. The maximum atomic E-state index is 12.6. The van der Waals surface area contributed by atoms with Gasteiger partial charge in [0, 0.05) is 22.6 Å². The standard InChI is InChI=1S/C21H13Br2ClN2O5/c22-13-9-12(11-25-20(27)15-6-2-4-8-18(15)26(29)30)19(16(23)10-13)31-21(28)14-5-1-3-7-17(14)24/h1-10H,11H2,(H,25,27). The first-order valence-electron chi connectivity index (χ1n) is 8.74. The highest BCUT2D eigenvalue weighted by Crippen LogP contribution is 2.34. The highest BCUT2D eigenvalue weighted by atomic mass is 79.9. The first-order chi connectivity index (χ1) is 14.8. The molecule has 0 aliphatic carbocycles. The Bertz CT molecular complexity index is 1190. The lowest BCUT2D eigenvalue weighted by Gasteiger charge is -2.14. The molecule has 0 bridgehead atoms. The molecule has 0 radical (unpaired) electrons. The first-order valence-corrected chi connectivity index (χ1v) is 10.7. The molecule has 3 rings (SSSR count). The number of rotatable bonds is 6. The zero-order valence-corrected chi connectivity index (χ0v) is 19.5. The van der Waals surface area contributed by atoms with Gasteiger partial charge in [0.25, 0.3) is 11.6 Å². The molecule has 3 aromatic carbocycles. The van der Waals surface area contributed by atoms with Crippen LogP contribution in [0.3, 0.4) is 0 Å². The Morgan fingerprint density at radius 1 is 1.03 bits per heavy atom. The predicted molar refractivity (Wildman–Crippen MR) is 123 cm³/mol. The van der Waals surface area contributed by atoms with Gasteiger partial charge in [0.1, 0.15) is 11.3 Å². The number of nitro benzene ring substituents is 1. The van der Waals surface area contributed by atoms with Crippen molar-refractivity contribution in [2.75, 3.05) is 0 Å². The van der Waals surface area contributed by atoms with Crippen molar-refractivity contribution in [3.05, 3.63) is 101 Å². The Hall–Kier alpha value is -2.75. The topological polar surface area (TPSA) is 98.5 Å². The number of benzene rings is 3. The second-order valence-corrected chi connectivity index (χ2v) is 8.38. The Labute approximate surface area is 198 Å². The monoisotopic (exact) mass is 566 g/mol. The maximum absolute atomic E-state index is 12.6. The van der Waals surface area contributed by atoms with Crippen molar-refractivity contribution in [3.8, 4) is 5.75 Å². The van der Waals surface area contributed by atoms with Crippen LogP contribution < -0.4 is 10.1 Å². The Balaban J connectivity index is 1.85. The molecule has 0 unspecified atom stereocenters. The van der Waals surface area contributed by atoms with Gasteiger partial charge >= 0.3 is 5.97 Å². The summed E-state index contributed by atoms with van der Waals surface area (Å²) in [7, 11) is 0. The molecule has 3 aromatic rings. The summed E-state index contributed by atoms with van der Waals surface area (Å²) in [4.78, 5) is 35.7. The minimum Gasteiger partial charge on any atom is -0.421 e. The van der Waals surface area contributed by atoms with Crippen LogP contribution in [0.4, 0.5) is 5.69 Å². The summed E-state index contributed by atoms with van der Waals surface area (Å²) in [5.74, 6) is -1.11. The van der Waals surface area contributed by atoms with Gasteiger partial charge in [-0.3, -0.25) is 14.9 Å². The molecular formula is C21H13Br2ClN2O5. The van der Waals surface area contributed by atoms with E-state index < -0.39 is 16.8 Å². The van der Waals surface area contributed by atoms with Crippen LogP contribution in [0.5, 0.6) is 5.75 Å². The van der Waals surface area contributed by atoms with E-state index >= 15 is 0 Å². The van der Waals surface area contributed by atoms with Gasteiger partial charge in [-0.15, -0.1) is 0 Å². The summed E-state index contributed by atoms with van der Waals surface area (Å²) in [6.45, 7) is -0.0476. The molecular weight excluding hydrogens is 556 g/mol. The van der Waals surface area contributed by atoms with Crippen molar-refractivity contribution in [2.24, 2.45) is 0 Å². The van der Waals surface area contributed by atoms with Gasteiger partial charge in [-0.2, -0.15) is 0 Å². The van der Waals surface area contributed by atoms with Crippen molar-refractivity contribution in [1.29, 1.82) is 0 Å². The zero-order chi connectivity index (χ0) is 22.5. The second kappa shape index (κ2) is 10.0. The Kier molecular flexibility index (Phi) is 7.42. The predicted octanol–water partition coefficient (Wildman–Crippen LogP) is 5.92. The van der Waals surface area contributed by atoms with E-state index in [4.69, 9.17) is 16.3 Å². The summed E-state index contributed by atoms with van der Waals surface area (Å²) in [5.41, 5.74) is 0.277. The fourth-order valence-corrected chi connectivity index (χ4v) is 4.34. The fraction of sp³-hybridized carbons (Fsp3) is 0.0476. The van der Waals surface area contributed by atoms with E-state index in [2.05, 4.69) is 37.2 Å². The molecule has 0 spiro atoms. The van der Waals surface area contributed by atoms with Crippen LogP contribution in [0, 0.1) is 10.1 Å². The van der Waals surface area contributed by atoms with Gasteiger partial charge in [0.2, 0.25) is 0 Å². The maximum Gasteiger partial charge on any atom is 0.345 e. The molecule has 158 valence electrons. The third-order valence-corrected chi connectivity index (χ3v) is 5.54. The number of hydrogen-bond donors (Lipinski definition) is 1. The van der Waals surface area contributed by atoms with Gasteiger partial charge in [0.15, 0.2) is 0 Å².